The number of hydrogen-bond donors (Lipinski definition) is 2. The van der Waals surface area contributed by atoms with Crippen LogP contribution in [0, 0.1) is 17.8 Å². The fourth-order valence-corrected chi connectivity index (χ4v) is 8.48. The second-order valence-corrected chi connectivity index (χ2v) is 12.9. The van der Waals surface area contributed by atoms with E-state index in [0.717, 1.165) is 16.3 Å². The summed E-state index contributed by atoms with van der Waals surface area (Å²) in [4.78, 5) is 53.5. The molecule has 6 unspecified atom stereocenters. The smallest absolute Gasteiger partial charge is 0.253 e. The zero-order valence-electron chi connectivity index (χ0n) is 23.0. The lowest BCUT2D eigenvalue weighted by Crippen LogP contribution is -2.60. The molecule has 4 aliphatic rings. The number of carbonyl (C=O) groups excluding carboxylic acids is 4. The molecule has 7 rings (SSSR count). The van der Waals surface area contributed by atoms with Crippen LogP contribution in [0.2, 0.25) is 0 Å². The summed E-state index contributed by atoms with van der Waals surface area (Å²) in [6.07, 6.45) is 2.06. The molecule has 3 fully saturated rings. The van der Waals surface area contributed by atoms with Crippen molar-refractivity contribution in [2.75, 3.05) is 17.3 Å². The number of nitrogens with zero attached hydrogens (tertiary/aromatic N) is 2. The highest BCUT2D eigenvalue weighted by molar-refractivity contribution is 6.53. The molecule has 2 aliphatic heterocycles. The first kappa shape index (κ1) is 27.7. The van der Waals surface area contributed by atoms with E-state index in [1.165, 1.54) is 24.1 Å². The number of alkyl halides is 2. The molecular weight excluding hydrogens is 589 g/mol. The number of allylic oxidation sites excluding steroid dienone is 2. The standard InChI is InChI=1S/C33H27Cl2N3O5/c1-37-30(42)32(34)17-25-23(27(33(32,35)31(37)43)18-6-5-9-22(39)16-18)14-15-24-26(25)29(41)38(28(24)40)21-12-10-20(11-13-21)36-19-7-3-2-4-8-19/h2-14,16,24-27,36,39H,15,17H2,1H3. The van der Waals surface area contributed by atoms with Gasteiger partial charge in [-0.05, 0) is 72.9 Å². The number of halogens is 2. The third-order valence-electron chi connectivity index (χ3n) is 9.41. The summed E-state index contributed by atoms with van der Waals surface area (Å²) < 4.78 is 0. The number of anilines is 3. The highest BCUT2D eigenvalue weighted by Crippen LogP contribution is 2.65. The molecule has 2 saturated heterocycles. The van der Waals surface area contributed by atoms with Crippen molar-refractivity contribution in [1.82, 2.24) is 4.90 Å². The summed E-state index contributed by atoms with van der Waals surface area (Å²) in [7, 11) is 1.35. The number of imide groups is 2. The lowest BCUT2D eigenvalue weighted by molar-refractivity contribution is -0.138. The third-order valence-corrected chi connectivity index (χ3v) is 10.8. The molecule has 0 bridgehead atoms. The Morgan fingerprint density at radius 1 is 0.837 bits per heavy atom. The monoisotopic (exact) mass is 615 g/mol. The fraction of sp³-hybridized carbons (Fsp3) is 0.273. The van der Waals surface area contributed by atoms with Gasteiger partial charge in [-0.25, -0.2) is 0 Å². The molecule has 1 saturated carbocycles. The number of likely N-dealkylation sites (tertiary alicyclic amines) is 1. The normalized spacial score (nSPS) is 31.5. The van der Waals surface area contributed by atoms with Crippen LogP contribution in [0.3, 0.4) is 0 Å². The van der Waals surface area contributed by atoms with Crippen LogP contribution >= 0.6 is 23.2 Å². The summed E-state index contributed by atoms with van der Waals surface area (Å²) in [5.41, 5.74) is 3.33. The molecule has 6 atom stereocenters. The van der Waals surface area contributed by atoms with Crippen LogP contribution in [0.5, 0.6) is 5.75 Å². The van der Waals surface area contributed by atoms with Crippen LogP contribution in [-0.4, -0.2) is 50.4 Å². The molecule has 3 aromatic rings. The average Bonchev–Trinajstić information content (AvgIpc) is 3.33. The van der Waals surface area contributed by atoms with Crippen molar-refractivity contribution in [3.05, 3.63) is 96.1 Å². The van der Waals surface area contributed by atoms with Gasteiger partial charge < -0.3 is 10.4 Å². The number of aromatic hydroxyl groups is 1. The molecule has 10 heteroatoms. The number of hydrogen-bond acceptors (Lipinski definition) is 6. The first-order valence-electron chi connectivity index (χ1n) is 14.1. The highest BCUT2D eigenvalue weighted by Gasteiger charge is 2.75. The number of benzene rings is 3. The molecule has 4 amide bonds. The van der Waals surface area contributed by atoms with Crippen LogP contribution in [-0.2, 0) is 19.2 Å². The lowest BCUT2D eigenvalue weighted by atomic mass is 9.56. The maximum absolute atomic E-state index is 14.1. The minimum Gasteiger partial charge on any atom is -0.508 e. The minimum absolute atomic E-state index is 0.0389. The number of phenols is 1. The maximum atomic E-state index is 14.1. The van der Waals surface area contributed by atoms with Crippen molar-refractivity contribution < 1.29 is 24.3 Å². The molecule has 0 radical (unpaired) electrons. The van der Waals surface area contributed by atoms with Crippen LogP contribution < -0.4 is 10.2 Å². The molecule has 218 valence electrons. The number of para-hydroxylation sites is 1. The predicted molar refractivity (Wildman–Crippen MR) is 162 cm³/mol. The van der Waals surface area contributed by atoms with Crippen LogP contribution in [0.4, 0.5) is 17.1 Å². The van der Waals surface area contributed by atoms with E-state index >= 15 is 0 Å². The van der Waals surface area contributed by atoms with E-state index in [9.17, 15) is 24.3 Å². The second kappa shape index (κ2) is 9.69. The van der Waals surface area contributed by atoms with E-state index in [2.05, 4.69) is 5.32 Å². The van der Waals surface area contributed by atoms with E-state index in [1.807, 2.05) is 36.4 Å². The number of nitrogens with one attached hydrogen (secondary N) is 1. The van der Waals surface area contributed by atoms with E-state index in [1.54, 1.807) is 36.4 Å². The van der Waals surface area contributed by atoms with E-state index < -0.39 is 45.2 Å². The van der Waals surface area contributed by atoms with Crippen molar-refractivity contribution >= 4 is 63.9 Å². The van der Waals surface area contributed by atoms with E-state index in [0.29, 0.717) is 16.8 Å². The average molecular weight is 617 g/mol. The van der Waals surface area contributed by atoms with Crippen molar-refractivity contribution in [1.29, 1.82) is 0 Å². The van der Waals surface area contributed by atoms with Crippen molar-refractivity contribution in [3.63, 3.8) is 0 Å². The Morgan fingerprint density at radius 2 is 1.53 bits per heavy atom. The first-order valence-corrected chi connectivity index (χ1v) is 14.8. The Labute approximate surface area is 257 Å². The van der Waals surface area contributed by atoms with Gasteiger partial charge in [-0.15, -0.1) is 23.2 Å². The van der Waals surface area contributed by atoms with Crippen LogP contribution in [0.25, 0.3) is 0 Å². The Bertz CT molecular complexity index is 1730. The Hall–Kier alpha value is -4.14. The molecule has 2 aliphatic carbocycles. The maximum Gasteiger partial charge on any atom is 0.253 e. The van der Waals surface area contributed by atoms with Gasteiger partial charge in [0, 0.05) is 24.3 Å². The summed E-state index contributed by atoms with van der Waals surface area (Å²) >= 11 is 14.3. The van der Waals surface area contributed by atoms with Gasteiger partial charge in [0.15, 0.2) is 9.75 Å². The molecule has 43 heavy (non-hydrogen) atoms. The summed E-state index contributed by atoms with van der Waals surface area (Å²) in [6, 6.07) is 23.0. The van der Waals surface area contributed by atoms with Crippen LogP contribution in [0.1, 0.15) is 24.3 Å². The molecule has 3 aromatic carbocycles. The van der Waals surface area contributed by atoms with E-state index in [4.69, 9.17) is 23.2 Å². The van der Waals surface area contributed by atoms with E-state index in [-0.39, 0.29) is 30.4 Å². The number of rotatable bonds is 4. The summed E-state index contributed by atoms with van der Waals surface area (Å²) in [6.45, 7) is 0. The molecule has 2 N–H and O–H groups in total. The largest absolute Gasteiger partial charge is 0.508 e. The molecule has 8 nitrogen and oxygen atoms in total. The van der Waals surface area contributed by atoms with Crippen molar-refractivity contribution in [2.45, 2.75) is 28.5 Å². The molecular formula is C33H27Cl2N3O5. The topological polar surface area (TPSA) is 107 Å². The predicted octanol–water partition coefficient (Wildman–Crippen LogP) is 5.33. The molecule has 0 spiro atoms. The number of phenolic OH excluding ortho intramolecular Hbond substituents is 1. The van der Waals surface area contributed by atoms with Gasteiger partial charge in [-0.3, -0.25) is 29.0 Å². The van der Waals surface area contributed by atoms with Crippen LogP contribution in [0.15, 0.2) is 90.5 Å². The summed E-state index contributed by atoms with van der Waals surface area (Å²) in [5.74, 6) is -4.99. The van der Waals surface area contributed by atoms with Gasteiger partial charge in [0.25, 0.3) is 11.8 Å². The lowest BCUT2D eigenvalue weighted by Gasteiger charge is -2.50. The van der Waals surface area contributed by atoms with Crippen molar-refractivity contribution in [2.24, 2.45) is 17.8 Å². The Kier molecular flexibility index (Phi) is 6.24. The first-order chi connectivity index (χ1) is 20.6. The zero-order valence-corrected chi connectivity index (χ0v) is 24.5. The molecule has 2 heterocycles. The zero-order chi connectivity index (χ0) is 30.3. The van der Waals surface area contributed by atoms with Gasteiger partial charge in [0.2, 0.25) is 11.8 Å². The van der Waals surface area contributed by atoms with Gasteiger partial charge >= 0.3 is 0 Å². The fourth-order valence-electron chi connectivity index (χ4n) is 7.46. The minimum atomic E-state index is -1.88. The number of amides is 4. The van der Waals surface area contributed by atoms with Gasteiger partial charge in [0.1, 0.15) is 5.75 Å². The second-order valence-electron chi connectivity index (χ2n) is 11.6. The number of carbonyl (C=O) groups is 4. The Balaban J connectivity index is 1.27. The Morgan fingerprint density at radius 3 is 2.23 bits per heavy atom. The third kappa shape index (κ3) is 3.82. The number of fused-ring (bicyclic) bond motifs is 4. The van der Waals surface area contributed by atoms with Crippen molar-refractivity contribution in [3.8, 4) is 5.75 Å². The molecule has 0 aromatic heterocycles. The van der Waals surface area contributed by atoms with Gasteiger partial charge in [-0.2, -0.15) is 0 Å². The quantitative estimate of drug-likeness (QED) is 0.233. The highest BCUT2D eigenvalue weighted by atomic mass is 35.5. The SMILES string of the molecule is CN1C(=O)C2(Cl)CC3C(=CCC4C(=O)N(c5ccc(Nc6ccccc6)cc5)C(=O)C43)C(c3cccc(O)c3)C2(Cl)C1=O. The van der Waals surface area contributed by atoms with Gasteiger partial charge in [-0.1, -0.05) is 42.0 Å². The summed E-state index contributed by atoms with van der Waals surface area (Å²) in [5, 5.41) is 13.6. The van der Waals surface area contributed by atoms with Gasteiger partial charge in [0.05, 0.1) is 17.5 Å².